The van der Waals surface area contributed by atoms with Gasteiger partial charge in [-0.1, -0.05) is 44.9 Å². The summed E-state index contributed by atoms with van der Waals surface area (Å²) in [5.74, 6) is 1.89. The van der Waals surface area contributed by atoms with Gasteiger partial charge in [0.15, 0.2) is 0 Å². The lowest BCUT2D eigenvalue weighted by Crippen LogP contribution is -2.43. The summed E-state index contributed by atoms with van der Waals surface area (Å²) in [7, 11) is 0. The molecular formula is C18H27ClFN. The molecule has 21 heavy (non-hydrogen) atoms. The van der Waals surface area contributed by atoms with E-state index in [1.807, 2.05) is 0 Å². The normalized spacial score (nSPS) is 27.9. The zero-order valence-electron chi connectivity index (χ0n) is 13.5. The van der Waals surface area contributed by atoms with Crippen molar-refractivity contribution in [2.75, 3.05) is 0 Å². The first-order chi connectivity index (χ1) is 9.88. The topological polar surface area (TPSA) is 12.0 Å². The molecule has 1 N–H and O–H groups in total. The molecule has 0 aliphatic heterocycles. The molecule has 1 fully saturated rings. The van der Waals surface area contributed by atoms with Crippen molar-refractivity contribution in [2.24, 2.45) is 17.8 Å². The number of nitrogens with one attached hydrogen (secondary N) is 1. The molecule has 4 unspecified atom stereocenters. The molecule has 3 heteroatoms. The third kappa shape index (κ3) is 4.20. The highest BCUT2D eigenvalue weighted by Gasteiger charge is 2.31. The lowest BCUT2D eigenvalue weighted by molar-refractivity contribution is 0.161. The molecule has 0 aromatic heterocycles. The maximum absolute atomic E-state index is 13.2. The molecule has 1 saturated carbocycles. The van der Waals surface area contributed by atoms with Crippen LogP contribution in [0.4, 0.5) is 4.39 Å². The largest absolute Gasteiger partial charge is 0.307 e. The molecule has 0 amide bonds. The Kier molecular flexibility index (Phi) is 5.67. The van der Waals surface area contributed by atoms with E-state index in [1.165, 1.54) is 31.4 Å². The first-order valence-electron chi connectivity index (χ1n) is 8.09. The van der Waals surface area contributed by atoms with Crippen molar-refractivity contribution in [1.82, 2.24) is 5.32 Å². The summed E-state index contributed by atoms with van der Waals surface area (Å²) in [5.41, 5.74) is 0.985. The van der Waals surface area contributed by atoms with E-state index >= 15 is 0 Å². The lowest BCUT2D eigenvalue weighted by Gasteiger charge is -2.39. The fourth-order valence-corrected chi connectivity index (χ4v) is 3.99. The smallest absolute Gasteiger partial charge is 0.124 e. The molecule has 0 radical (unpaired) electrons. The Morgan fingerprint density at radius 1 is 1.24 bits per heavy atom. The van der Waals surface area contributed by atoms with Gasteiger partial charge in [0, 0.05) is 17.1 Å². The van der Waals surface area contributed by atoms with Gasteiger partial charge < -0.3 is 5.32 Å². The summed E-state index contributed by atoms with van der Waals surface area (Å²) in [4.78, 5) is 0. The fourth-order valence-electron chi connectivity index (χ4n) is 3.66. The SMILES string of the molecule is CC1CCC(C(C)C)C(NC(C)c2ccc(F)cc2Cl)C1. The minimum atomic E-state index is -0.276. The van der Waals surface area contributed by atoms with Crippen LogP contribution in [0, 0.1) is 23.6 Å². The van der Waals surface area contributed by atoms with Crippen LogP contribution in [0.1, 0.15) is 58.6 Å². The van der Waals surface area contributed by atoms with Crippen LogP contribution in [0.25, 0.3) is 0 Å². The van der Waals surface area contributed by atoms with Crippen LogP contribution < -0.4 is 5.32 Å². The highest BCUT2D eigenvalue weighted by molar-refractivity contribution is 6.31. The Morgan fingerprint density at radius 3 is 2.57 bits per heavy atom. The molecule has 0 heterocycles. The molecule has 0 saturated heterocycles. The average Bonchev–Trinajstić information content (AvgIpc) is 2.37. The van der Waals surface area contributed by atoms with Gasteiger partial charge in [0.1, 0.15) is 5.82 Å². The zero-order valence-corrected chi connectivity index (χ0v) is 14.3. The summed E-state index contributed by atoms with van der Waals surface area (Å²) in [5, 5.41) is 4.26. The third-order valence-corrected chi connectivity index (χ3v) is 5.24. The summed E-state index contributed by atoms with van der Waals surface area (Å²) in [6.45, 7) is 9.08. The maximum atomic E-state index is 13.2. The predicted molar refractivity (Wildman–Crippen MR) is 88.1 cm³/mol. The van der Waals surface area contributed by atoms with Crippen LogP contribution in [0.2, 0.25) is 5.02 Å². The van der Waals surface area contributed by atoms with Gasteiger partial charge in [-0.05, 0) is 55.2 Å². The molecule has 2 rings (SSSR count). The maximum Gasteiger partial charge on any atom is 0.124 e. The summed E-state index contributed by atoms with van der Waals surface area (Å²) >= 11 is 6.19. The third-order valence-electron chi connectivity index (χ3n) is 4.92. The molecule has 1 nitrogen and oxygen atoms in total. The van der Waals surface area contributed by atoms with E-state index in [2.05, 4.69) is 33.0 Å². The van der Waals surface area contributed by atoms with E-state index in [0.29, 0.717) is 22.9 Å². The number of rotatable bonds is 4. The van der Waals surface area contributed by atoms with Crippen molar-refractivity contribution < 1.29 is 4.39 Å². The van der Waals surface area contributed by atoms with E-state index in [0.717, 1.165) is 11.5 Å². The Hall–Kier alpha value is -0.600. The van der Waals surface area contributed by atoms with Crippen molar-refractivity contribution in [3.63, 3.8) is 0 Å². The van der Waals surface area contributed by atoms with Crippen LogP contribution in [-0.2, 0) is 0 Å². The molecule has 1 aromatic carbocycles. The molecule has 0 bridgehead atoms. The molecular weight excluding hydrogens is 285 g/mol. The second-order valence-corrected chi connectivity index (χ2v) is 7.39. The molecule has 4 atom stereocenters. The van der Waals surface area contributed by atoms with Crippen molar-refractivity contribution in [2.45, 2.75) is 59.0 Å². The van der Waals surface area contributed by atoms with Crippen molar-refractivity contribution >= 4 is 11.6 Å². The molecule has 118 valence electrons. The van der Waals surface area contributed by atoms with Gasteiger partial charge in [-0.15, -0.1) is 0 Å². The molecule has 0 spiro atoms. The standard InChI is InChI=1S/C18H27ClFN/c1-11(2)15-7-5-12(3)9-18(15)21-13(4)16-8-6-14(20)10-17(16)19/h6,8,10-13,15,18,21H,5,7,9H2,1-4H3. The zero-order chi connectivity index (χ0) is 15.6. The molecule has 1 aromatic rings. The number of benzene rings is 1. The average molecular weight is 312 g/mol. The van der Waals surface area contributed by atoms with E-state index in [-0.39, 0.29) is 11.9 Å². The van der Waals surface area contributed by atoms with Crippen LogP contribution in [0.3, 0.4) is 0 Å². The van der Waals surface area contributed by atoms with Crippen molar-refractivity contribution in [3.05, 3.63) is 34.6 Å². The Balaban J connectivity index is 2.10. The van der Waals surface area contributed by atoms with Crippen LogP contribution in [0.15, 0.2) is 18.2 Å². The van der Waals surface area contributed by atoms with Crippen LogP contribution in [0.5, 0.6) is 0 Å². The fraction of sp³-hybridized carbons (Fsp3) is 0.667. The molecule has 1 aliphatic rings. The van der Waals surface area contributed by atoms with E-state index in [1.54, 1.807) is 6.07 Å². The highest BCUT2D eigenvalue weighted by atomic mass is 35.5. The first-order valence-corrected chi connectivity index (χ1v) is 8.47. The van der Waals surface area contributed by atoms with Gasteiger partial charge in [0.25, 0.3) is 0 Å². The van der Waals surface area contributed by atoms with Gasteiger partial charge in [0.2, 0.25) is 0 Å². The predicted octanol–water partition coefficient (Wildman–Crippen LogP) is 5.59. The first kappa shape index (κ1) is 16.8. The van der Waals surface area contributed by atoms with Crippen molar-refractivity contribution in [3.8, 4) is 0 Å². The Labute approximate surface area is 133 Å². The van der Waals surface area contributed by atoms with Gasteiger partial charge in [-0.2, -0.15) is 0 Å². The number of hydrogen-bond donors (Lipinski definition) is 1. The second-order valence-electron chi connectivity index (χ2n) is 6.99. The minimum absolute atomic E-state index is 0.148. The van der Waals surface area contributed by atoms with E-state index < -0.39 is 0 Å². The van der Waals surface area contributed by atoms with E-state index in [9.17, 15) is 4.39 Å². The van der Waals surface area contributed by atoms with Crippen molar-refractivity contribution in [1.29, 1.82) is 0 Å². The minimum Gasteiger partial charge on any atom is -0.307 e. The van der Waals surface area contributed by atoms with Crippen LogP contribution >= 0.6 is 11.6 Å². The summed E-state index contributed by atoms with van der Waals surface area (Å²) < 4.78 is 13.2. The molecule has 1 aliphatic carbocycles. The number of halogens is 2. The van der Waals surface area contributed by atoms with Gasteiger partial charge in [-0.3, -0.25) is 0 Å². The second kappa shape index (κ2) is 7.11. The van der Waals surface area contributed by atoms with Gasteiger partial charge in [-0.25, -0.2) is 4.39 Å². The summed E-state index contributed by atoms with van der Waals surface area (Å²) in [6, 6.07) is 5.35. The highest BCUT2D eigenvalue weighted by Crippen LogP contribution is 2.35. The quantitative estimate of drug-likeness (QED) is 0.764. The van der Waals surface area contributed by atoms with Gasteiger partial charge >= 0.3 is 0 Å². The monoisotopic (exact) mass is 311 g/mol. The summed E-state index contributed by atoms with van der Waals surface area (Å²) in [6.07, 6.45) is 3.83. The Bertz CT molecular complexity index is 474. The van der Waals surface area contributed by atoms with Gasteiger partial charge in [0.05, 0.1) is 0 Å². The lowest BCUT2D eigenvalue weighted by atomic mass is 9.73. The van der Waals surface area contributed by atoms with Crippen LogP contribution in [-0.4, -0.2) is 6.04 Å². The number of hydrogen-bond acceptors (Lipinski definition) is 1. The van der Waals surface area contributed by atoms with E-state index in [4.69, 9.17) is 11.6 Å². The Morgan fingerprint density at radius 2 is 1.95 bits per heavy atom.